The van der Waals surface area contributed by atoms with Crippen LogP contribution in [0, 0.1) is 11.8 Å². The zero-order valence-corrected chi connectivity index (χ0v) is 10.9. The zero-order valence-electron chi connectivity index (χ0n) is 10.9. The molecule has 0 aromatic rings. The lowest BCUT2D eigenvalue weighted by Crippen LogP contribution is -2.47. The Kier molecular flexibility index (Phi) is 4.09. The molecule has 0 aromatic heterocycles. The first-order valence-electron chi connectivity index (χ1n) is 6.90. The van der Waals surface area contributed by atoms with Crippen LogP contribution in [0.1, 0.15) is 39.0 Å². The van der Waals surface area contributed by atoms with E-state index in [2.05, 4.69) is 5.32 Å². The molecule has 1 aliphatic carbocycles. The molecule has 5 heteroatoms. The van der Waals surface area contributed by atoms with Crippen molar-refractivity contribution in [1.29, 1.82) is 0 Å². The number of carboxylic acids is 1. The topological polar surface area (TPSA) is 69.6 Å². The Morgan fingerprint density at radius 3 is 2.44 bits per heavy atom. The second-order valence-electron chi connectivity index (χ2n) is 5.49. The number of carbonyl (C=O) groups excluding carboxylic acids is 1. The van der Waals surface area contributed by atoms with Gasteiger partial charge in [-0.3, -0.25) is 0 Å². The SMILES string of the molecule is CCC[C@H](NC(=O)N1CC2CCCC2C1)C(=O)O. The quantitative estimate of drug-likeness (QED) is 0.802. The van der Waals surface area contributed by atoms with Gasteiger partial charge in [0.2, 0.25) is 0 Å². The molecular weight excluding hydrogens is 232 g/mol. The Morgan fingerprint density at radius 2 is 1.94 bits per heavy atom. The van der Waals surface area contributed by atoms with Crippen LogP contribution in [-0.4, -0.2) is 41.1 Å². The van der Waals surface area contributed by atoms with Crippen LogP contribution >= 0.6 is 0 Å². The number of likely N-dealkylation sites (tertiary alicyclic amines) is 1. The van der Waals surface area contributed by atoms with Gasteiger partial charge in [0.05, 0.1) is 0 Å². The van der Waals surface area contributed by atoms with Gasteiger partial charge in [-0.1, -0.05) is 19.8 Å². The summed E-state index contributed by atoms with van der Waals surface area (Å²) in [6, 6.07) is -0.951. The molecule has 1 aliphatic heterocycles. The van der Waals surface area contributed by atoms with Gasteiger partial charge in [0.25, 0.3) is 0 Å². The fraction of sp³-hybridized carbons (Fsp3) is 0.846. The van der Waals surface area contributed by atoms with Gasteiger partial charge in [0.1, 0.15) is 6.04 Å². The van der Waals surface area contributed by atoms with Gasteiger partial charge in [-0.05, 0) is 31.1 Å². The molecule has 2 rings (SSSR count). The molecule has 2 amide bonds. The molecule has 0 aromatic carbocycles. The maximum Gasteiger partial charge on any atom is 0.326 e. The molecule has 0 spiro atoms. The van der Waals surface area contributed by atoms with Crippen LogP contribution < -0.4 is 5.32 Å². The maximum atomic E-state index is 12.0. The van der Waals surface area contributed by atoms with Crippen LogP contribution in [0.15, 0.2) is 0 Å². The molecular formula is C13H22N2O3. The van der Waals surface area contributed by atoms with Crippen molar-refractivity contribution in [3.8, 4) is 0 Å². The number of carbonyl (C=O) groups is 2. The molecule has 0 radical (unpaired) electrons. The van der Waals surface area contributed by atoms with Crippen molar-refractivity contribution in [1.82, 2.24) is 10.2 Å². The third kappa shape index (κ3) is 2.76. The van der Waals surface area contributed by atoms with E-state index < -0.39 is 12.0 Å². The smallest absolute Gasteiger partial charge is 0.326 e. The summed E-state index contributed by atoms with van der Waals surface area (Å²) in [7, 11) is 0. The van der Waals surface area contributed by atoms with Gasteiger partial charge in [-0.15, -0.1) is 0 Å². The van der Waals surface area contributed by atoms with E-state index in [1.165, 1.54) is 19.3 Å². The van der Waals surface area contributed by atoms with Crippen molar-refractivity contribution < 1.29 is 14.7 Å². The third-order valence-electron chi connectivity index (χ3n) is 4.19. The first kappa shape index (κ1) is 13.2. The highest BCUT2D eigenvalue weighted by atomic mass is 16.4. The fourth-order valence-electron chi connectivity index (χ4n) is 3.19. The molecule has 18 heavy (non-hydrogen) atoms. The van der Waals surface area contributed by atoms with E-state index in [1.54, 1.807) is 4.90 Å². The van der Waals surface area contributed by atoms with Gasteiger partial charge in [0, 0.05) is 13.1 Å². The number of aliphatic carboxylic acids is 1. The average Bonchev–Trinajstić information content (AvgIpc) is 2.87. The molecule has 102 valence electrons. The highest BCUT2D eigenvalue weighted by Crippen LogP contribution is 2.37. The van der Waals surface area contributed by atoms with Crippen LogP contribution in [-0.2, 0) is 4.79 Å². The third-order valence-corrected chi connectivity index (χ3v) is 4.19. The maximum absolute atomic E-state index is 12.0. The van der Waals surface area contributed by atoms with Gasteiger partial charge in [0.15, 0.2) is 0 Å². The molecule has 2 N–H and O–H groups in total. The molecule has 2 unspecified atom stereocenters. The number of hydrogen-bond acceptors (Lipinski definition) is 2. The summed E-state index contributed by atoms with van der Waals surface area (Å²) in [5.41, 5.74) is 0. The van der Waals surface area contributed by atoms with Gasteiger partial charge in [-0.2, -0.15) is 0 Å². The van der Waals surface area contributed by atoms with Crippen LogP contribution in [0.3, 0.4) is 0 Å². The molecule has 1 heterocycles. The summed E-state index contributed by atoms with van der Waals surface area (Å²) in [5, 5.41) is 11.7. The lowest BCUT2D eigenvalue weighted by atomic mass is 10.0. The number of rotatable bonds is 4. The Balaban J connectivity index is 1.86. The summed E-state index contributed by atoms with van der Waals surface area (Å²) < 4.78 is 0. The largest absolute Gasteiger partial charge is 0.480 e. The molecule has 1 saturated carbocycles. The normalized spacial score (nSPS) is 27.9. The van der Waals surface area contributed by atoms with Crippen molar-refractivity contribution in [3.05, 3.63) is 0 Å². The lowest BCUT2D eigenvalue weighted by Gasteiger charge is -2.21. The van der Waals surface area contributed by atoms with Crippen molar-refractivity contribution >= 4 is 12.0 Å². The molecule has 3 atom stereocenters. The average molecular weight is 254 g/mol. The lowest BCUT2D eigenvalue weighted by molar-refractivity contribution is -0.139. The van der Waals surface area contributed by atoms with Crippen molar-refractivity contribution in [2.24, 2.45) is 11.8 Å². The van der Waals surface area contributed by atoms with Crippen LogP contribution in [0.5, 0.6) is 0 Å². The van der Waals surface area contributed by atoms with Crippen molar-refractivity contribution in [2.45, 2.75) is 45.1 Å². The summed E-state index contributed by atoms with van der Waals surface area (Å²) in [4.78, 5) is 24.8. The van der Waals surface area contributed by atoms with Crippen LogP contribution in [0.25, 0.3) is 0 Å². The minimum absolute atomic E-state index is 0.203. The standard InChI is InChI=1S/C13H22N2O3/c1-2-4-11(12(16)17)14-13(18)15-7-9-5-3-6-10(9)8-15/h9-11H,2-8H2,1H3,(H,14,18)(H,16,17)/t9?,10?,11-/m0/s1. The highest BCUT2D eigenvalue weighted by Gasteiger charge is 2.38. The van der Waals surface area contributed by atoms with Gasteiger partial charge in [-0.25, -0.2) is 9.59 Å². The Labute approximate surface area is 108 Å². The van der Waals surface area contributed by atoms with E-state index >= 15 is 0 Å². The number of carboxylic acid groups (broad SMARTS) is 1. The number of urea groups is 1. The van der Waals surface area contributed by atoms with Gasteiger partial charge < -0.3 is 15.3 Å². The first-order valence-corrected chi connectivity index (χ1v) is 6.90. The number of nitrogens with one attached hydrogen (secondary N) is 1. The van der Waals surface area contributed by atoms with E-state index in [0.29, 0.717) is 18.3 Å². The molecule has 2 aliphatic rings. The monoisotopic (exact) mass is 254 g/mol. The molecule has 5 nitrogen and oxygen atoms in total. The molecule has 2 fully saturated rings. The fourth-order valence-corrected chi connectivity index (χ4v) is 3.19. The van der Waals surface area contributed by atoms with Crippen molar-refractivity contribution in [2.75, 3.05) is 13.1 Å². The predicted molar refractivity (Wildman–Crippen MR) is 67.3 cm³/mol. The summed E-state index contributed by atoms with van der Waals surface area (Å²) in [5.74, 6) is 0.347. The van der Waals surface area contributed by atoms with E-state index in [9.17, 15) is 9.59 Å². The van der Waals surface area contributed by atoms with Crippen LogP contribution in [0.2, 0.25) is 0 Å². The Morgan fingerprint density at radius 1 is 1.33 bits per heavy atom. The summed E-state index contributed by atoms with van der Waals surface area (Å²) in [6.07, 6.45) is 4.94. The molecule has 1 saturated heterocycles. The first-order chi connectivity index (χ1) is 8.61. The second kappa shape index (κ2) is 5.59. The minimum Gasteiger partial charge on any atom is -0.480 e. The molecule has 0 bridgehead atoms. The predicted octanol–water partition coefficient (Wildman–Crippen LogP) is 1.68. The zero-order chi connectivity index (χ0) is 13.1. The summed E-state index contributed by atoms with van der Waals surface area (Å²) >= 11 is 0. The van der Waals surface area contributed by atoms with Crippen molar-refractivity contribution in [3.63, 3.8) is 0 Å². The van der Waals surface area contributed by atoms with E-state index in [1.807, 2.05) is 6.92 Å². The van der Waals surface area contributed by atoms with E-state index in [4.69, 9.17) is 5.11 Å². The van der Waals surface area contributed by atoms with Crippen LogP contribution in [0.4, 0.5) is 4.79 Å². The Hall–Kier alpha value is -1.26. The second-order valence-corrected chi connectivity index (χ2v) is 5.49. The minimum atomic E-state index is -0.940. The van der Waals surface area contributed by atoms with E-state index in [-0.39, 0.29) is 6.03 Å². The number of amides is 2. The highest BCUT2D eigenvalue weighted by molar-refractivity contribution is 5.82. The number of fused-ring (bicyclic) bond motifs is 1. The van der Waals surface area contributed by atoms with E-state index in [0.717, 1.165) is 19.5 Å². The van der Waals surface area contributed by atoms with Gasteiger partial charge >= 0.3 is 12.0 Å². The number of nitrogens with zero attached hydrogens (tertiary/aromatic N) is 1. The number of hydrogen-bond donors (Lipinski definition) is 2. The summed E-state index contributed by atoms with van der Waals surface area (Å²) in [6.45, 7) is 3.52. The Bertz CT molecular complexity index is 320.